The van der Waals surface area contributed by atoms with Crippen molar-refractivity contribution in [2.75, 3.05) is 13.2 Å². The van der Waals surface area contributed by atoms with Gasteiger partial charge < -0.3 is 19.3 Å². The lowest BCUT2D eigenvalue weighted by Crippen LogP contribution is -2.29. The summed E-state index contributed by atoms with van der Waals surface area (Å²) < 4.78 is 26.3. The van der Waals surface area contributed by atoms with E-state index in [1.165, 1.54) is 89.9 Å². The number of carbonyl (C=O) groups is 2. The molecular weight excluding hydrogens is 651 g/mol. The highest BCUT2D eigenvalue weighted by molar-refractivity contribution is 7.46. The van der Waals surface area contributed by atoms with Gasteiger partial charge in [0.2, 0.25) is 0 Å². The first-order valence-electron chi connectivity index (χ1n) is 19.9. The van der Waals surface area contributed by atoms with Crippen LogP contribution in [-0.2, 0) is 28.2 Å². The minimum Gasteiger partial charge on any atom is -0.462 e. The fraction of sp³-hybridized carbons (Fsp3) is 0.756. The number of allylic oxidation sites excluding steroid dienone is 8. The number of unbranched alkanes of at least 4 members (excludes halogenated alkanes) is 18. The molecule has 0 heterocycles. The highest BCUT2D eigenvalue weighted by Crippen LogP contribution is 2.36. The maximum atomic E-state index is 12.4. The number of phosphoric acid groups is 1. The summed E-state index contributed by atoms with van der Waals surface area (Å²) in [5.74, 6) is -0.931. The lowest BCUT2D eigenvalue weighted by atomic mass is 10.0. The van der Waals surface area contributed by atoms with Gasteiger partial charge in [0.15, 0.2) is 6.10 Å². The maximum Gasteiger partial charge on any atom is 0.469 e. The van der Waals surface area contributed by atoms with Crippen molar-refractivity contribution in [3.8, 4) is 0 Å². The molecule has 290 valence electrons. The van der Waals surface area contributed by atoms with Crippen LogP contribution in [0.3, 0.4) is 0 Å². The Hall–Kier alpha value is -1.99. The van der Waals surface area contributed by atoms with Crippen molar-refractivity contribution < 1.29 is 37.9 Å². The Morgan fingerprint density at radius 2 is 0.960 bits per heavy atom. The average Bonchev–Trinajstić information content (AvgIpc) is 3.08. The quantitative estimate of drug-likeness (QED) is 0.0284. The first-order chi connectivity index (χ1) is 24.3. The fourth-order valence-electron chi connectivity index (χ4n) is 5.42. The molecule has 1 atom stereocenters. The van der Waals surface area contributed by atoms with Crippen LogP contribution in [0.15, 0.2) is 48.6 Å². The van der Waals surface area contributed by atoms with Crippen LogP contribution < -0.4 is 0 Å². The summed E-state index contributed by atoms with van der Waals surface area (Å²) in [6.07, 6.45) is 44.1. The summed E-state index contributed by atoms with van der Waals surface area (Å²) in [7, 11) is -4.76. The van der Waals surface area contributed by atoms with Gasteiger partial charge in [0.1, 0.15) is 6.61 Å². The van der Waals surface area contributed by atoms with Crippen LogP contribution in [0.1, 0.15) is 181 Å². The van der Waals surface area contributed by atoms with E-state index in [4.69, 9.17) is 19.3 Å². The standard InChI is InChI=1S/C41H73O8P/c1-3-5-7-9-11-13-15-17-19-20-22-23-25-27-29-31-33-35-40(42)47-37-39(38-48-50(44,45)46)49-41(43)36-34-32-30-28-26-24-21-18-16-14-12-10-8-6-4-2/h6,8,12,14,18,21,26,28,39H,3-5,7,9-11,13,15-17,19-20,22-25,27,29-38H2,1-2H3,(H2,44,45,46)/b8-6+,14-12+,21-18+,28-26+/t39-/m1/s1. The zero-order valence-corrected chi connectivity index (χ0v) is 32.7. The fourth-order valence-corrected chi connectivity index (χ4v) is 5.78. The molecule has 0 rings (SSSR count). The predicted octanol–water partition coefficient (Wildman–Crippen LogP) is 12.0. The first-order valence-corrected chi connectivity index (χ1v) is 21.5. The van der Waals surface area contributed by atoms with Crippen molar-refractivity contribution in [2.45, 2.75) is 187 Å². The van der Waals surface area contributed by atoms with Crippen molar-refractivity contribution >= 4 is 19.8 Å². The zero-order valence-electron chi connectivity index (χ0n) is 31.8. The molecule has 0 bridgehead atoms. The van der Waals surface area contributed by atoms with E-state index in [1.807, 2.05) is 0 Å². The van der Waals surface area contributed by atoms with Crippen LogP contribution in [-0.4, -0.2) is 41.0 Å². The second-order valence-corrected chi connectivity index (χ2v) is 14.5. The van der Waals surface area contributed by atoms with Crippen molar-refractivity contribution in [1.82, 2.24) is 0 Å². The third-order valence-corrected chi connectivity index (χ3v) is 8.85. The summed E-state index contributed by atoms with van der Waals surface area (Å²) in [4.78, 5) is 42.7. The van der Waals surface area contributed by atoms with Gasteiger partial charge in [-0.15, -0.1) is 0 Å². The largest absolute Gasteiger partial charge is 0.469 e. The van der Waals surface area contributed by atoms with Gasteiger partial charge in [-0.2, -0.15) is 0 Å². The Kier molecular flexibility index (Phi) is 35.3. The van der Waals surface area contributed by atoms with Gasteiger partial charge in [0.25, 0.3) is 0 Å². The predicted molar refractivity (Wildman–Crippen MR) is 207 cm³/mol. The number of ether oxygens (including phenoxy) is 2. The van der Waals surface area contributed by atoms with Crippen molar-refractivity contribution in [1.29, 1.82) is 0 Å². The highest BCUT2D eigenvalue weighted by atomic mass is 31.2. The summed E-state index contributed by atoms with van der Waals surface area (Å²) >= 11 is 0. The lowest BCUT2D eigenvalue weighted by molar-refractivity contribution is -0.161. The van der Waals surface area contributed by atoms with Crippen molar-refractivity contribution in [3.05, 3.63) is 48.6 Å². The number of carbonyl (C=O) groups excluding carboxylic acids is 2. The smallest absolute Gasteiger partial charge is 0.462 e. The van der Waals surface area contributed by atoms with E-state index in [0.717, 1.165) is 57.8 Å². The van der Waals surface area contributed by atoms with Crippen molar-refractivity contribution in [2.24, 2.45) is 0 Å². The molecule has 9 heteroatoms. The Morgan fingerprint density at radius 3 is 1.44 bits per heavy atom. The molecule has 0 saturated carbocycles. The topological polar surface area (TPSA) is 119 Å². The van der Waals surface area contributed by atoms with Crippen LogP contribution in [0.4, 0.5) is 0 Å². The SMILES string of the molecule is CC/C=C/C/C=C/C/C=C/C/C=C/CCCCC(=O)O[C@H](COC(=O)CCCCCCCCCCCCCCCCCCC)COP(=O)(O)O. The summed E-state index contributed by atoms with van der Waals surface area (Å²) in [5, 5.41) is 0. The molecule has 50 heavy (non-hydrogen) atoms. The molecule has 0 amide bonds. The highest BCUT2D eigenvalue weighted by Gasteiger charge is 2.22. The van der Waals surface area contributed by atoms with Crippen LogP contribution in [0.5, 0.6) is 0 Å². The molecule has 0 radical (unpaired) electrons. The van der Waals surface area contributed by atoms with Gasteiger partial charge >= 0.3 is 19.8 Å². The summed E-state index contributed by atoms with van der Waals surface area (Å²) in [5.41, 5.74) is 0. The second-order valence-electron chi connectivity index (χ2n) is 13.2. The van der Waals surface area contributed by atoms with E-state index < -0.39 is 32.5 Å². The van der Waals surface area contributed by atoms with Gasteiger partial charge in [0.05, 0.1) is 6.61 Å². The molecule has 0 unspecified atom stereocenters. The van der Waals surface area contributed by atoms with Crippen molar-refractivity contribution in [3.63, 3.8) is 0 Å². The van der Waals surface area contributed by atoms with E-state index in [9.17, 15) is 14.2 Å². The number of hydrogen-bond donors (Lipinski definition) is 2. The van der Waals surface area contributed by atoms with Gasteiger partial charge in [0, 0.05) is 12.8 Å². The van der Waals surface area contributed by atoms with E-state index in [-0.39, 0.29) is 19.4 Å². The number of hydrogen-bond acceptors (Lipinski definition) is 6. The van der Waals surface area contributed by atoms with E-state index in [0.29, 0.717) is 6.42 Å². The second kappa shape index (κ2) is 36.8. The summed E-state index contributed by atoms with van der Waals surface area (Å²) in [6, 6.07) is 0. The third kappa shape index (κ3) is 38.8. The Morgan fingerprint density at radius 1 is 0.540 bits per heavy atom. The first kappa shape index (κ1) is 48.0. The van der Waals surface area contributed by atoms with Gasteiger partial charge in [-0.05, 0) is 51.4 Å². The monoisotopic (exact) mass is 725 g/mol. The number of rotatable bonds is 36. The zero-order chi connectivity index (χ0) is 36.8. The van der Waals surface area contributed by atoms with Crippen LogP contribution in [0.2, 0.25) is 0 Å². The Balaban J connectivity index is 3.98. The molecule has 0 aromatic rings. The molecule has 0 aromatic heterocycles. The molecule has 0 spiro atoms. The molecular formula is C41H73O8P. The number of esters is 2. The van der Waals surface area contributed by atoms with E-state index in [2.05, 4.69) is 67.0 Å². The number of phosphoric ester groups is 1. The molecule has 0 aliphatic heterocycles. The van der Waals surface area contributed by atoms with Gasteiger partial charge in [-0.25, -0.2) is 4.57 Å². The Labute approximate surface area is 305 Å². The van der Waals surface area contributed by atoms with Crippen LogP contribution >= 0.6 is 7.82 Å². The molecule has 0 fully saturated rings. The van der Waals surface area contributed by atoms with E-state index >= 15 is 0 Å². The molecule has 0 saturated heterocycles. The van der Waals surface area contributed by atoms with Gasteiger partial charge in [-0.1, -0.05) is 165 Å². The summed E-state index contributed by atoms with van der Waals surface area (Å²) in [6.45, 7) is 3.54. The van der Waals surface area contributed by atoms with Crippen LogP contribution in [0, 0.1) is 0 Å². The molecule has 0 aliphatic carbocycles. The molecule has 8 nitrogen and oxygen atoms in total. The normalized spacial score (nSPS) is 13.0. The molecule has 2 N–H and O–H groups in total. The lowest BCUT2D eigenvalue weighted by Gasteiger charge is -2.18. The average molecular weight is 725 g/mol. The third-order valence-electron chi connectivity index (χ3n) is 8.36. The van der Waals surface area contributed by atoms with E-state index in [1.54, 1.807) is 0 Å². The van der Waals surface area contributed by atoms with Crippen LogP contribution in [0.25, 0.3) is 0 Å². The minimum atomic E-state index is -4.76. The minimum absolute atomic E-state index is 0.160. The Bertz CT molecular complexity index is 952. The molecule has 0 aromatic carbocycles. The van der Waals surface area contributed by atoms with Gasteiger partial charge in [-0.3, -0.25) is 14.1 Å². The molecule has 0 aliphatic rings. The maximum absolute atomic E-state index is 12.4.